The van der Waals surface area contributed by atoms with Crippen molar-refractivity contribution in [3.63, 3.8) is 0 Å². The lowest BCUT2D eigenvalue weighted by atomic mass is 10.1. The predicted molar refractivity (Wildman–Crippen MR) is 63.8 cm³/mol. The van der Waals surface area contributed by atoms with Crippen molar-refractivity contribution in [2.75, 3.05) is 0 Å². The summed E-state index contributed by atoms with van der Waals surface area (Å²) in [7, 11) is 0. The van der Waals surface area contributed by atoms with Gasteiger partial charge >= 0.3 is 0 Å². The molecule has 0 saturated heterocycles. The summed E-state index contributed by atoms with van der Waals surface area (Å²) in [6.07, 6.45) is 0.442. The number of hydrogen-bond acceptors (Lipinski definition) is 2. The zero-order valence-corrected chi connectivity index (χ0v) is 9.52. The minimum absolute atomic E-state index is 0.123. The molecule has 3 heteroatoms. The second kappa shape index (κ2) is 4.60. The van der Waals surface area contributed by atoms with Gasteiger partial charge in [0.1, 0.15) is 0 Å². The summed E-state index contributed by atoms with van der Waals surface area (Å²) in [6.45, 7) is 0. The highest BCUT2D eigenvalue weighted by Gasteiger charge is 2.08. The first-order valence-electron chi connectivity index (χ1n) is 4.58. The number of thiophene rings is 1. The number of ketones is 1. The molecule has 0 amide bonds. The largest absolute Gasteiger partial charge is 0.293 e. The molecule has 0 radical (unpaired) electrons. The van der Waals surface area contributed by atoms with E-state index in [1.165, 1.54) is 11.3 Å². The van der Waals surface area contributed by atoms with E-state index in [2.05, 4.69) is 0 Å². The molecule has 0 aliphatic rings. The Morgan fingerprint density at radius 1 is 1.13 bits per heavy atom. The van der Waals surface area contributed by atoms with Crippen molar-refractivity contribution >= 4 is 28.7 Å². The SMILES string of the molecule is O=C(Cc1ccccc1)c1ccc(Cl)s1. The normalized spacial score (nSPS) is 10.2. The van der Waals surface area contributed by atoms with E-state index in [9.17, 15) is 4.79 Å². The summed E-state index contributed by atoms with van der Waals surface area (Å²) in [5, 5.41) is 0. The van der Waals surface area contributed by atoms with Gasteiger partial charge in [-0.15, -0.1) is 11.3 Å². The summed E-state index contributed by atoms with van der Waals surface area (Å²) >= 11 is 7.10. The Kier molecular flexibility index (Phi) is 3.19. The lowest BCUT2D eigenvalue weighted by Gasteiger charge is -1.97. The van der Waals surface area contributed by atoms with Crippen LogP contribution in [0.15, 0.2) is 42.5 Å². The third-order valence-electron chi connectivity index (χ3n) is 2.06. The fraction of sp³-hybridized carbons (Fsp3) is 0.0833. The molecule has 0 N–H and O–H groups in total. The van der Waals surface area contributed by atoms with Gasteiger partial charge in [-0.1, -0.05) is 41.9 Å². The summed E-state index contributed by atoms with van der Waals surface area (Å²) in [4.78, 5) is 12.5. The second-order valence-corrected chi connectivity index (χ2v) is 4.90. The molecule has 76 valence electrons. The van der Waals surface area contributed by atoms with E-state index >= 15 is 0 Å². The van der Waals surface area contributed by atoms with Crippen LogP contribution in [0.4, 0.5) is 0 Å². The molecule has 1 aromatic carbocycles. The predicted octanol–water partition coefficient (Wildman–Crippen LogP) is 3.83. The Labute approximate surface area is 97.3 Å². The van der Waals surface area contributed by atoms with Crippen molar-refractivity contribution in [2.45, 2.75) is 6.42 Å². The van der Waals surface area contributed by atoms with Crippen molar-refractivity contribution in [2.24, 2.45) is 0 Å². The van der Waals surface area contributed by atoms with Crippen molar-refractivity contribution in [1.29, 1.82) is 0 Å². The van der Waals surface area contributed by atoms with E-state index in [1.54, 1.807) is 12.1 Å². The van der Waals surface area contributed by atoms with Crippen LogP contribution < -0.4 is 0 Å². The highest BCUT2D eigenvalue weighted by molar-refractivity contribution is 7.18. The third-order valence-corrected chi connectivity index (χ3v) is 3.33. The average Bonchev–Trinajstić information content (AvgIpc) is 2.66. The number of hydrogen-bond donors (Lipinski definition) is 0. The minimum Gasteiger partial charge on any atom is -0.293 e. The molecule has 0 atom stereocenters. The van der Waals surface area contributed by atoms with Gasteiger partial charge < -0.3 is 0 Å². The number of halogens is 1. The standard InChI is InChI=1S/C12H9ClOS/c13-12-7-6-11(15-12)10(14)8-9-4-2-1-3-5-9/h1-7H,8H2. The summed E-state index contributed by atoms with van der Waals surface area (Å²) in [6, 6.07) is 13.2. The number of rotatable bonds is 3. The number of benzene rings is 1. The first kappa shape index (κ1) is 10.4. The van der Waals surface area contributed by atoms with Gasteiger partial charge in [0.05, 0.1) is 9.21 Å². The topological polar surface area (TPSA) is 17.1 Å². The Morgan fingerprint density at radius 3 is 2.47 bits per heavy atom. The molecule has 0 aliphatic heterocycles. The zero-order chi connectivity index (χ0) is 10.7. The van der Waals surface area contributed by atoms with Crippen molar-refractivity contribution in [3.8, 4) is 0 Å². The van der Waals surface area contributed by atoms with Crippen LogP contribution in [0.3, 0.4) is 0 Å². The van der Waals surface area contributed by atoms with Gasteiger partial charge in [0.15, 0.2) is 5.78 Å². The Bertz CT molecular complexity index is 461. The van der Waals surface area contributed by atoms with Gasteiger partial charge in [0.25, 0.3) is 0 Å². The van der Waals surface area contributed by atoms with Gasteiger partial charge in [-0.2, -0.15) is 0 Å². The second-order valence-electron chi connectivity index (χ2n) is 3.19. The molecular weight excluding hydrogens is 228 g/mol. The maximum absolute atomic E-state index is 11.8. The minimum atomic E-state index is 0.123. The van der Waals surface area contributed by atoms with Gasteiger partial charge in [-0.3, -0.25) is 4.79 Å². The molecular formula is C12H9ClOS. The number of Topliss-reactive ketones (excluding diaryl/α,β-unsaturated/α-hetero) is 1. The first-order chi connectivity index (χ1) is 7.25. The molecule has 2 aromatic rings. The summed E-state index contributed by atoms with van der Waals surface area (Å²) < 4.78 is 0.659. The van der Waals surface area contributed by atoms with E-state index in [0.717, 1.165) is 10.4 Å². The van der Waals surface area contributed by atoms with Crippen LogP contribution in [-0.4, -0.2) is 5.78 Å². The van der Waals surface area contributed by atoms with Crippen LogP contribution >= 0.6 is 22.9 Å². The fourth-order valence-corrected chi connectivity index (χ4v) is 2.31. The zero-order valence-electron chi connectivity index (χ0n) is 7.94. The molecule has 1 aromatic heterocycles. The number of carbonyl (C=O) groups excluding carboxylic acids is 1. The van der Waals surface area contributed by atoms with E-state index in [0.29, 0.717) is 10.8 Å². The molecule has 1 heterocycles. The summed E-state index contributed by atoms with van der Waals surface area (Å²) in [5.41, 5.74) is 1.03. The Balaban J connectivity index is 2.11. The molecule has 0 unspecified atom stereocenters. The van der Waals surface area contributed by atoms with Crippen LogP contribution in [0.2, 0.25) is 4.34 Å². The van der Waals surface area contributed by atoms with E-state index in [4.69, 9.17) is 11.6 Å². The molecule has 2 rings (SSSR count). The highest BCUT2D eigenvalue weighted by Crippen LogP contribution is 2.22. The Hall–Kier alpha value is -1.12. The molecule has 0 spiro atoms. The molecule has 15 heavy (non-hydrogen) atoms. The average molecular weight is 237 g/mol. The van der Waals surface area contributed by atoms with Crippen LogP contribution in [0.25, 0.3) is 0 Å². The maximum atomic E-state index is 11.8. The van der Waals surface area contributed by atoms with Crippen molar-refractivity contribution in [1.82, 2.24) is 0 Å². The van der Waals surface area contributed by atoms with Crippen LogP contribution in [0.1, 0.15) is 15.2 Å². The van der Waals surface area contributed by atoms with E-state index in [1.807, 2.05) is 30.3 Å². The highest BCUT2D eigenvalue weighted by atomic mass is 35.5. The molecule has 1 nitrogen and oxygen atoms in total. The van der Waals surface area contributed by atoms with Crippen LogP contribution in [0.5, 0.6) is 0 Å². The first-order valence-corrected chi connectivity index (χ1v) is 5.77. The van der Waals surface area contributed by atoms with E-state index < -0.39 is 0 Å². The lowest BCUT2D eigenvalue weighted by molar-refractivity contribution is 0.0997. The van der Waals surface area contributed by atoms with Gasteiger partial charge in [-0.05, 0) is 17.7 Å². The number of carbonyl (C=O) groups is 1. The van der Waals surface area contributed by atoms with Crippen LogP contribution in [-0.2, 0) is 6.42 Å². The van der Waals surface area contributed by atoms with Gasteiger partial charge in [0, 0.05) is 6.42 Å². The third kappa shape index (κ3) is 2.67. The molecule has 0 aliphatic carbocycles. The maximum Gasteiger partial charge on any atom is 0.177 e. The van der Waals surface area contributed by atoms with E-state index in [-0.39, 0.29) is 5.78 Å². The molecule has 0 saturated carbocycles. The molecule has 0 bridgehead atoms. The van der Waals surface area contributed by atoms with Gasteiger partial charge in [0.2, 0.25) is 0 Å². The Morgan fingerprint density at radius 2 is 1.87 bits per heavy atom. The monoisotopic (exact) mass is 236 g/mol. The molecule has 0 fully saturated rings. The lowest BCUT2D eigenvalue weighted by Crippen LogP contribution is -2.00. The van der Waals surface area contributed by atoms with Gasteiger partial charge in [-0.25, -0.2) is 0 Å². The fourth-order valence-electron chi connectivity index (χ4n) is 1.33. The summed E-state index contributed by atoms with van der Waals surface area (Å²) in [5.74, 6) is 0.123. The van der Waals surface area contributed by atoms with Crippen molar-refractivity contribution in [3.05, 3.63) is 57.2 Å². The van der Waals surface area contributed by atoms with Crippen LogP contribution in [0, 0.1) is 0 Å². The van der Waals surface area contributed by atoms with Crippen molar-refractivity contribution < 1.29 is 4.79 Å². The quantitative estimate of drug-likeness (QED) is 0.741. The smallest absolute Gasteiger partial charge is 0.177 e.